The number of aromatic carboxylic acids is 1. The van der Waals surface area contributed by atoms with E-state index in [0.717, 1.165) is 0 Å². The second kappa shape index (κ2) is 5.18. The Morgan fingerprint density at radius 2 is 2.17 bits per heavy atom. The largest absolute Gasteiger partial charge is 0.508 e. The first-order valence-electron chi connectivity index (χ1n) is 5.25. The van der Waals surface area contributed by atoms with Crippen LogP contribution in [-0.2, 0) is 6.61 Å². The molecule has 92 valence electrons. The lowest BCUT2D eigenvalue weighted by atomic mass is 10.1. The van der Waals surface area contributed by atoms with Crippen LogP contribution in [0.2, 0.25) is 0 Å². The Labute approximate surface area is 103 Å². The molecule has 5 heteroatoms. The second-order valence-corrected chi connectivity index (χ2v) is 3.62. The predicted molar refractivity (Wildman–Crippen MR) is 63.6 cm³/mol. The molecule has 2 aromatic rings. The number of carbonyl (C=O) groups is 1. The van der Waals surface area contributed by atoms with Gasteiger partial charge in [-0.15, -0.1) is 0 Å². The molecule has 0 aliphatic carbocycles. The van der Waals surface area contributed by atoms with Crippen LogP contribution >= 0.6 is 0 Å². The van der Waals surface area contributed by atoms with Crippen molar-refractivity contribution in [2.75, 3.05) is 0 Å². The summed E-state index contributed by atoms with van der Waals surface area (Å²) in [5.41, 5.74) is 0.637. The monoisotopic (exact) mass is 245 g/mol. The van der Waals surface area contributed by atoms with Gasteiger partial charge >= 0.3 is 5.97 Å². The van der Waals surface area contributed by atoms with E-state index in [1.807, 2.05) is 0 Å². The molecular weight excluding hydrogens is 234 g/mol. The average Bonchev–Trinajstić information content (AvgIpc) is 2.37. The molecular formula is C13H11NO4. The predicted octanol–water partition coefficient (Wildman–Crippen LogP) is 2.06. The van der Waals surface area contributed by atoms with E-state index in [-0.39, 0.29) is 17.9 Å². The third-order valence-electron chi connectivity index (χ3n) is 2.35. The van der Waals surface area contributed by atoms with Crippen LogP contribution in [0.15, 0.2) is 42.7 Å². The lowest BCUT2D eigenvalue weighted by molar-refractivity contribution is 0.0693. The van der Waals surface area contributed by atoms with E-state index >= 15 is 0 Å². The lowest BCUT2D eigenvalue weighted by Gasteiger charge is -2.08. The summed E-state index contributed by atoms with van der Waals surface area (Å²) in [4.78, 5) is 14.7. The van der Waals surface area contributed by atoms with Gasteiger partial charge < -0.3 is 14.9 Å². The van der Waals surface area contributed by atoms with E-state index in [2.05, 4.69) is 4.98 Å². The number of aromatic hydroxyl groups is 1. The fourth-order valence-corrected chi connectivity index (χ4v) is 1.48. The molecule has 1 aromatic heterocycles. The molecule has 0 radical (unpaired) electrons. The fourth-order valence-electron chi connectivity index (χ4n) is 1.48. The summed E-state index contributed by atoms with van der Waals surface area (Å²) in [6, 6.07) is 7.91. The van der Waals surface area contributed by atoms with Gasteiger partial charge in [0.25, 0.3) is 0 Å². The normalized spacial score (nSPS) is 10.0. The number of hydrogen-bond donors (Lipinski definition) is 2. The summed E-state index contributed by atoms with van der Waals surface area (Å²) < 4.78 is 5.41. The molecule has 18 heavy (non-hydrogen) atoms. The Morgan fingerprint density at radius 1 is 1.33 bits per heavy atom. The Kier molecular flexibility index (Phi) is 3.43. The molecule has 0 aliphatic heterocycles. The molecule has 0 saturated heterocycles. The summed E-state index contributed by atoms with van der Waals surface area (Å²) in [7, 11) is 0. The maximum atomic E-state index is 11.0. The van der Waals surface area contributed by atoms with Gasteiger partial charge in [-0.3, -0.25) is 4.98 Å². The van der Waals surface area contributed by atoms with Gasteiger partial charge in [0, 0.05) is 24.0 Å². The van der Waals surface area contributed by atoms with Gasteiger partial charge in [0.15, 0.2) is 0 Å². The zero-order valence-electron chi connectivity index (χ0n) is 9.41. The van der Waals surface area contributed by atoms with Crippen LogP contribution < -0.4 is 4.74 Å². The van der Waals surface area contributed by atoms with Crippen LogP contribution in [0.25, 0.3) is 0 Å². The van der Waals surface area contributed by atoms with E-state index in [4.69, 9.17) is 9.84 Å². The third kappa shape index (κ3) is 2.76. The number of pyridine rings is 1. The Morgan fingerprint density at radius 3 is 2.89 bits per heavy atom. The number of ether oxygens (including phenoxy) is 1. The molecule has 0 bridgehead atoms. The molecule has 0 unspecified atom stereocenters. The minimum atomic E-state index is -1.04. The number of aromatic nitrogens is 1. The molecule has 2 N–H and O–H groups in total. The first-order chi connectivity index (χ1) is 8.66. The molecule has 0 spiro atoms. The van der Waals surface area contributed by atoms with Gasteiger partial charge in [0.1, 0.15) is 18.1 Å². The number of benzene rings is 1. The number of phenols is 1. The van der Waals surface area contributed by atoms with E-state index in [1.165, 1.54) is 24.5 Å². The SMILES string of the molecule is O=C(O)c1cnccc1COc1cccc(O)c1. The number of hydrogen-bond acceptors (Lipinski definition) is 4. The molecule has 1 heterocycles. The van der Waals surface area contributed by atoms with Crippen LogP contribution in [0.3, 0.4) is 0 Å². The molecule has 5 nitrogen and oxygen atoms in total. The summed E-state index contributed by atoms with van der Waals surface area (Å²) in [6.45, 7) is 0.105. The van der Waals surface area contributed by atoms with Crippen molar-refractivity contribution in [1.82, 2.24) is 4.98 Å². The minimum Gasteiger partial charge on any atom is -0.508 e. The maximum absolute atomic E-state index is 11.0. The number of carboxylic acid groups (broad SMARTS) is 1. The van der Waals surface area contributed by atoms with Crippen LogP contribution in [-0.4, -0.2) is 21.2 Å². The van der Waals surface area contributed by atoms with Crippen LogP contribution in [0.5, 0.6) is 11.5 Å². The first-order valence-corrected chi connectivity index (χ1v) is 5.25. The molecule has 0 saturated carbocycles. The molecule has 0 atom stereocenters. The van der Waals surface area contributed by atoms with Crippen LogP contribution in [0.1, 0.15) is 15.9 Å². The lowest BCUT2D eigenvalue weighted by Crippen LogP contribution is -2.06. The van der Waals surface area contributed by atoms with Crippen molar-refractivity contribution in [3.8, 4) is 11.5 Å². The summed E-state index contributed by atoms with van der Waals surface area (Å²) in [5.74, 6) is -0.471. The van der Waals surface area contributed by atoms with Gasteiger partial charge in [-0.05, 0) is 18.2 Å². The molecule has 1 aromatic carbocycles. The van der Waals surface area contributed by atoms with Crippen molar-refractivity contribution in [2.45, 2.75) is 6.61 Å². The minimum absolute atomic E-state index is 0.0979. The molecule has 0 aliphatic rings. The topological polar surface area (TPSA) is 79.7 Å². The number of nitrogens with zero attached hydrogens (tertiary/aromatic N) is 1. The average molecular weight is 245 g/mol. The van der Waals surface area contributed by atoms with Gasteiger partial charge in [-0.25, -0.2) is 4.79 Å². The standard InChI is InChI=1S/C13H11NO4/c15-10-2-1-3-11(6-10)18-8-9-4-5-14-7-12(9)13(16)17/h1-7,15H,8H2,(H,16,17). The summed E-state index contributed by atoms with van der Waals surface area (Å²) in [5, 5.41) is 18.2. The Bertz CT molecular complexity index is 568. The molecule has 2 rings (SSSR count). The zero-order chi connectivity index (χ0) is 13.0. The summed E-state index contributed by atoms with van der Waals surface area (Å²) >= 11 is 0. The van der Waals surface area contributed by atoms with Gasteiger partial charge in [-0.2, -0.15) is 0 Å². The van der Waals surface area contributed by atoms with Crippen molar-refractivity contribution in [3.63, 3.8) is 0 Å². The first kappa shape index (κ1) is 11.9. The van der Waals surface area contributed by atoms with Crippen LogP contribution in [0, 0.1) is 0 Å². The molecule has 0 amide bonds. The van der Waals surface area contributed by atoms with Crippen molar-refractivity contribution in [2.24, 2.45) is 0 Å². The number of carboxylic acids is 1. The van der Waals surface area contributed by atoms with Crippen molar-refractivity contribution >= 4 is 5.97 Å². The molecule has 0 fully saturated rings. The second-order valence-electron chi connectivity index (χ2n) is 3.62. The summed E-state index contributed by atoms with van der Waals surface area (Å²) in [6.07, 6.45) is 2.79. The van der Waals surface area contributed by atoms with E-state index in [9.17, 15) is 9.90 Å². The van der Waals surface area contributed by atoms with Crippen molar-refractivity contribution in [3.05, 3.63) is 53.9 Å². The highest BCUT2D eigenvalue weighted by molar-refractivity contribution is 5.88. The quantitative estimate of drug-likeness (QED) is 0.861. The number of rotatable bonds is 4. The van der Waals surface area contributed by atoms with Gasteiger partial charge in [0.2, 0.25) is 0 Å². The van der Waals surface area contributed by atoms with Gasteiger partial charge in [-0.1, -0.05) is 6.07 Å². The van der Waals surface area contributed by atoms with Crippen LogP contribution in [0.4, 0.5) is 0 Å². The highest BCUT2D eigenvalue weighted by atomic mass is 16.5. The van der Waals surface area contributed by atoms with Crippen molar-refractivity contribution in [1.29, 1.82) is 0 Å². The highest BCUT2D eigenvalue weighted by Gasteiger charge is 2.10. The Hall–Kier alpha value is -2.56. The highest BCUT2D eigenvalue weighted by Crippen LogP contribution is 2.19. The number of phenolic OH excluding ortho intramolecular Hbond substituents is 1. The Balaban J connectivity index is 2.13. The van der Waals surface area contributed by atoms with Crippen molar-refractivity contribution < 1.29 is 19.7 Å². The van der Waals surface area contributed by atoms with E-state index in [0.29, 0.717) is 11.3 Å². The van der Waals surface area contributed by atoms with E-state index < -0.39 is 5.97 Å². The zero-order valence-corrected chi connectivity index (χ0v) is 9.41. The smallest absolute Gasteiger partial charge is 0.337 e. The maximum Gasteiger partial charge on any atom is 0.337 e. The van der Waals surface area contributed by atoms with E-state index in [1.54, 1.807) is 18.2 Å². The van der Waals surface area contributed by atoms with Gasteiger partial charge in [0.05, 0.1) is 5.56 Å². The fraction of sp³-hybridized carbons (Fsp3) is 0.0769. The third-order valence-corrected chi connectivity index (χ3v) is 2.35.